The summed E-state index contributed by atoms with van der Waals surface area (Å²) in [7, 11) is 1.58. The Bertz CT molecular complexity index is 1190. The molecule has 30 heavy (non-hydrogen) atoms. The number of aromatic nitrogens is 2. The van der Waals surface area contributed by atoms with E-state index in [1.807, 2.05) is 48.5 Å². The molecule has 0 fully saturated rings. The molecule has 0 spiro atoms. The summed E-state index contributed by atoms with van der Waals surface area (Å²) < 4.78 is 26.4. The number of benzene rings is 3. The molecular weight excluding hydrogens is 385 g/mol. The number of nitrogens with zero attached hydrogens (tertiary/aromatic N) is 2. The number of nitrogens with one attached hydrogen (secondary N) is 1. The Kier molecular flexibility index (Phi) is 5.61. The molecule has 0 radical (unpaired) electrons. The monoisotopic (exact) mass is 405 g/mol. The summed E-state index contributed by atoms with van der Waals surface area (Å²) in [5, 5.41) is 2.72. The number of rotatable bonds is 7. The van der Waals surface area contributed by atoms with Crippen LogP contribution in [-0.4, -0.2) is 22.6 Å². The van der Waals surface area contributed by atoms with E-state index in [1.54, 1.807) is 23.8 Å². The van der Waals surface area contributed by atoms with Gasteiger partial charge in [-0.05, 0) is 42.5 Å². The molecule has 1 N–H and O–H groups in total. The Morgan fingerprint density at radius 3 is 2.60 bits per heavy atom. The van der Waals surface area contributed by atoms with Crippen LogP contribution in [0.1, 0.15) is 5.82 Å². The van der Waals surface area contributed by atoms with Gasteiger partial charge in [-0.15, -0.1) is 0 Å². The van der Waals surface area contributed by atoms with E-state index in [0.29, 0.717) is 23.0 Å². The number of carbonyl (C=O) groups excluding carboxylic acids is 1. The van der Waals surface area contributed by atoms with Crippen molar-refractivity contribution < 1.29 is 18.7 Å². The highest BCUT2D eigenvalue weighted by Gasteiger charge is 2.15. The fraction of sp³-hybridized carbons (Fsp3) is 0.130. The molecule has 0 aliphatic rings. The zero-order valence-corrected chi connectivity index (χ0v) is 16.3. The van der Waals surface area contributed by atoms with Crippen molar-refractivity contribution in [2.75, 3.05) is 12.4 Å². The first-order valence-electron chi connectivity index (χ1n) is 9.39. The Morgan fingerprint density at radius 2 is 1.80 bits per heavy atom. The van der Waals surface area contributed by atoms with Crippen LogP contribution < -0.4 is 14.8 Å². The molecule has 0 saturated carbocycles. The van der Waals surface area contributed by atoms with Crippen LogP contribution in [0.2, 0.25) is 0 Å². The molecule has 1 aromatic heterocycles. The SMILES string of the molecule is COc1ccccc1OCc1nc2ccccc2n1CC(=O)Nc1cccc(F)c1. The second-order valence-corrected chi connectivity index (χ2v) is 6.60. The Morgan fingerprint density at radius 1 is 1.03 bits per heavy atom. The highest BCUT2D eigenvalue weighted by molar-refractivity contribution is 5.91. The number of halogens is 1. The molecule has 0 aliphatic carbocycles. The number of hydrogen-bond donors (Lipinski definition) is 1. The van der Waals surface area contributed by atoms with Crippen molar-refractivity contribution in [3.05, 3.63) is 84.4 Å². The van der Waals surface area contributed by atoms with Crippen LogP contribution in [0, 0.1) is 5.82 Å². The number of methoxy groups -OCH3 is 1. The van der Waals surface area contributed by atoms with E-state index in [9.17, 15) is 9.18 Å². The average Bonchev–Trinajstić information content (AvgIpc) is 3.09. The molecule has 0 bridgehead atoms. The highest BCUT2D eigenvalue weighted by atomic mass is 19.1. The second-order valence-electron chi connectivity index (χ2n) is 6.60. The number of carbonyl (C=O) groups is 1. The first kappa shape index (κ1) is 19.4. The molecule has 0 unspecified atom stereocenters. The van der Waals surface area contributed by atoms with E-state index in [-0.39, 0.29) is 19.1 Å². The minimum atomic E-state index is -0.410. The van der Waals surface area contributed by atoms with E-state index in [1.165, 1.54) is 12.1 Å². The standard InChI is InChI=1S/C23H20FN3O3/c1-29-20-11-4-5-12-21(20)30-15-22-26-18-9-2-3-10-19(18)27(22)14-23(28)25-17-8-6-7-16(24)13-17/h2-13H,14-15H2,1H3,(H,25,28). The number of fused-ring (bicyclic) bond motifs is 1. The Balaban J connectivity index is 1.58. The Hall–Kier alpha value is -3.87. The molecule has 6 nitrogen and oxygen atoms in total. The molecule has 1 amide bonds. The average molecular weight is 405 g/mol. The molecule has 3 aromatic carbocycles. The van der Waals surface area contributed by atoms with Gasteiger partial charge in [-0.2, -0.15) is 0 Å². The number of ether oxygens (including phenoxy) is 2. The lowest BCUT2D eigenvalue weighted by atomic mass is 10.3. The van der Waals surface area contributed by atoms with Gasteiger partial charge in [-0.3, -0.25) is 4.79 Å². The third-order valence-corrected chi connectivity index (χ3v) is 4.57. The summed E-state index contributed by atoms with van der Waals surface area (Å²) >= 11 is 0. The number of imidazole rings is 1. The van der Waals surface area contributed by atoms with Gasteiger partial charge in [-0.1, -0.05) is 30.3 Å². The second kappa shape index (κ2) is 8.65. The fourth-order valence-electron chi connectivity index (χ4n) is 3.20. The lowest BCUT2D eigenvalue weighted by Gasteiger charge is -2.12. The van der Waals surface area contributed by atoms with Crippen LogP contribution in [0.15, 0.2) is 72.8 Å². The molecule has 7 heteroatoms. The summed E-state index contributed by atoms with van der Waals surface area (Å²) in [5.74, 6) is 1.09. The maximum atomic E-state index is 13.4. The maximum Gasteiger partial charge on any atom is 0.244 e. The van der Waals surface area contributed by atoms with Crippen molar-refractivity contribution in [1.82, 2.24) is 9.55 Å². The largest absolute Gasteiger partial charge is 0.493 e. The topological polar surface area (TPSA) is 65.4 Å². The molecule has 0 aliphatic heterocycles. The van der Waals surface area contributed by atoms with Crippen molar-refractivity contribution in [3.8, 4) is 11.5 Å². The Labute approximate surface area is 172 Å². The normalized spacial score (nSPS) is 10.7. The number of amides is 1. The van der Waals surface area contributed by atoms with Gasteiger partial charge in [0.1, 0.15) is 24.8 Å². The van der Waals surface area contributed by atoms with Crippen molar-refractivity contribution >= 4 is 22.6 Å². The van der Waals surface area contributed by atoms with Gasteiger partial charge >= 0.3 is 0 Å². The highest BCUT2D eigenvalue weighted by Crippen LogP contribution is 2.27. The third-order valence-electron chi connectivity index (χ3n) is 4.57. The van der Waals surface area contributed by atoms with Gasteiger partial charge in [0.05, 0.1) is 18.1 Å². The van der Waals surface area contributed by atoms with E-state index in [2.05, 4.69) is 10.3 Å². The lowest BCUT2D eigenvalue weighted by molar-refractivity contribution is -0.116. The molecule has 4 aromatic rings. The van der Waals surface area contributed by atoms with E-state index in [4.69, 9.17) is 9.47 Å². The van der Waals surface area contributed by atoms with Crippen molar-refractivity contribution in [2.24, 2.45) is 0 Å². The first-order chi connectivity index (χ1) is 14.6. The molecular formula is C23H20FN3O3. The lowest BCUT2D eigenvalue weighted by Crippen LogP contribution is -2.20. The van der Waals surface area contributed by atoms with E-state index >= 15 is 0 Å². The van der Waals surface area contributed by atoms with Gasteiger partial charge < -0.3 is 19.4 Å². The van der Waals surface area contributed by atoms with Gasteiger partial charge in [-0.25, -0.2) is 9.37 Å². The molecule has 4 rings (SSSR count). The van der Waals surface area contributed by atoms with Crippen molar-refractivity contribution in [3.63, 3.8) is 0 Å². The molecule has 0 atom stereocenters. The molecule has 1 heterocycles. The summed E-state index contributed by atoms with van der Waals surface area (Å²) in [6.45, 7) is 0.171. The van der Waals surface area contributed by atoms with Crippen LogP contribution in [0.3, 0.4) is 0 Å². The summed E-state index contributed by atoms with van der Waals surface area (Å²) in [6, 6.07) is 20.7. The number of hydrogen-bond acceptors (Lipinski definition) is 4. The van der Waals surface area contributed by atoms with Crippen LogP contribution in [0.4, 0.5) is 10.1 Å². The van der Waals surface area contributed by atoms with Crippen molar-refractivity contribution in [1.29, 1.82) is 0 Å². The van der Waals surface area contributed by atoms with Crippen LogP contribution >= 0.6 is 0 Å². The van der Waals surface area contributed by atoms with E-state index < -0.39 is 5.82 Å². The zero-order chi connectivity index (χ0) is 20.9. The quantitative estimate of drug-likeness (QED) is 0.495. The van der Waals surface area contributed by atoms with Crippen LogP contribution in [0.25, 0.3) is 11.0 Å². The molecule has 0 saturated heterocycles. The molecule has 152 valence electrons. The predicted octanol–water partition coefficient (Wildman–Crippen LogP) is 4.40. The zero-order valence-electron chi connectivity index (χ0n) is 16.3. The van der Waals surface area contributed by atoms with E-state index in [0.717, 1.165) is 11.0 Å². The van der Waals surface area contributed by atoms with Crippen LogP contribution in [-0.2, 0) is 17.9 Å². The van der Waals surface area contributed by atoms with Gasteiger partial charge in [0, 0.05) is 5.69 Å². The van der Waals surface area contributed by atoms with Gasteiger partial charge in [0.15, 0.2) is 11.5 Å². The first-order valence-corrected chi connectivity index (χ1v) is 9.39. The summed E-state index contributed by atoms with van der Waals surface area (Å²) in [6.07, 6.45) is 0. The maximum absolute atomic E-state index is 13.4. The minimum absolute atomic E-state index is 0.0155. The number of anilines is 1. The van der Waals surface area contributed by atoms with Gasteiger partial charge in [0.2, 0.25) is 5.91 Å². The minimum Gasteiger partial charge on any atom is -0.493 e. The fourth-order valence-corrected chi connectivity index (χ4v) is 3.20. The van der Waals surface area contributed by atoms with Crippen LogP contribution in [0.5, 0.6) is 11.5 Å². The van der Waals surface area contributed by atoms with Crippen molar-refractivity contribution in [2.45, 2.75) is 13.2 Å². The summed E-state index contributed by atoms with van der Waals surface area (Å²) in [4.78, 5) is 17.2. The summed E-state index contributed by atoms with van der Waals surface area (Å²) in [5.41, 5.74) is 1.97. The predicted molar refractivity (Wildman–Crippen MR) is 112 cm³/mol. The number of para-hydroxylation sites is 4. The smallest absolute Gasteiger partial charge is 0.244 e. The van der Waals surface area contributed by atoms with Gasteiger partial charge in [0.25, 0.3) is 0 Å². The third kappa shape index (κ3) is 4.25.